The zero-order chi connectivity index (χ0) is 25.9. The molecule has 2 atom stereocenters. The fourth-order valence-corrected chi connectivity index (χ4v) is 6.51. The summed E-state index contributed by atoms with van der Waals surface area (Å²) in [6.45, 7) is 6.48. The molecule has 3 aliphatic heterocycles. The van der Waals surface area contributed by atoms with Gasteiger partial charge in [-0.15, -0.1) is 0 Å². The normalized spacial score (nSPS) is 24.5. The number of rotatable bonds is 4. The molecule has 2 fully saturated rings. The highest BCUT2D eigenvalue weighted by Gasteiger charge is 2.60. The van der Waals surface area contributed by atoms with Crippen LogP contribution in [-0.4, -0.2) is 68.4 Å². The van der Waals surface area contributed by atoms with E-state index in [1.54, 1.807) is 43.0 Å². The average molecular weight is 505 g/mol. The zero-order valence-electron chi connectivity index (χ0n) is 21.4. The second-order valence-corrected chi connectivity index (χ2v) is 10.9. The Morgan fingerprint density at radius 2 is 1.84 bits per heavy atom. The lowest BCUT2D eigenvalue weighted by Gasteiger charge is -2.42. The van der Waals surface area contributed by atoms with Crippen LogP contribution in [0.25, 0.3) is 10.9 Å². The highest BCUT2D eigenvalue weighted by Crippen LogP contribution is 2.49. The van der Waals surface area contributed by atoms with Gasteiger partial charge in [-0.3, -0.25) is 14.6 Å². The number of phenols is 1. The van der Waals surface area contributed by atoms with Gasteiger partial charge in [0, 0.05) is 36.1 Å². The molecular weight excluding hydrogens is 471 g/mol. The Labute approximate surface area is 215 Å². The first-order chi connectivity index (χ1) is 17.8. The smallest absolute Gasteiger partial charge is 0.328 e. The number of benzene rings is 2. The first-order valence-electron chi connectivity index (χ1n) is 13.3. The Morgan fingerprint density at radius 3 is 2.57 bits per heavy atom. The monoisotopic (exact) mass is 504 g/mol. The minimum atomic E-state index is -1.16. The van der Waals surface area contributed by atoms with Gasteiger partial charge in [0.2, 0.25) is 0 Å². The largest absolute Gasteiger partial charge is 0.508 e. The Morgan fingerprint density at radius 1 is 1.08 bits per heavy atom. The molecule has 7 nitrogen and oxygen atoms in total. The van der Waals surface area contributed by atoms with Crippen molar-refractivity contribution in [3.8, 4) is 5.75 Å². The molecule has 2 saturated heterocycles. The number of hydrogen-bond acceptors (Lipinski definition) is 4. The van der Waals surface area contributed by atoms with Crippen LogP contribution in [0.5, 0.6) is 5.75 Å². The summed E-state index contributed by atoms with van der Waals surface area (Å²) < 4.78 is 15.5. The summed E-state index contributed by atoms with van der Waals surface area (Å²) in [4.78, 5) is 36.7. The van der Waals surface area contributed by atoms with Gasteiger partial charge in [0.1, 0.15) is 23.1 Å². The summed E-state index contributed by atoms with van der Waals surface area (Å²) in [7, 11) is 0. The summed E-state index contributed by atoms with van der Waals surface area (Å²) in [6.07, 6.45) is 4.94. The number of carbonyl (C=O) groups is 2. The topological polar surface area (TPSA) is 79.9 Å². The number of nitrogens with one attached hydrogen (secondary N) is 1. The van der Waals surface area contributed by atoms with Crippen molar-refractivity contribution in [3.05, 3.63) is 64.6 Å². The van der Waals surface area contributed by atoms with E-state index in [1.807, 2.05) is 12.1 Å². The molecule has 6 rings (SSSR count). The molecule has 1 aromatic heterocycles. The lowest BCUT2D eigenvalue weighted by Crippen LogP contribution is -2.53. The van der Waals surface area contributed by atoms with Gasteiger partial charge in [-0.1, -0.05) is 31.0 Å². The van der Waals surface area contributed by atoms with Crippen LogP contribution in [-0.2, 0) is 11.2 Å². The number of amides is 3. The lowest BCUT2D eigenvalue weighted by atomic mass is 9.81. The molecule has 37 heavy (non-hydrogen) atoms. The maximum absolute atomic E-state index is 15.5. The molecule has 0 spiro atoms. The van der Waals surface area contributed by atoms with Crippen molar-refractivity contribution in [1.82, 2.24) is 19.7 Å². The fraction of sp³-hybridized carbons (Fsp3) is 0.448. The molecule has 3 amide bonds. The molecule has 0 bridgehead atoms. The minimum Gasteiger partial charge on any atom is -0.508 e. The molecule has 2 N–H and O–H groups in total. The molecule has 0 aliphatic carbocycles. The Balaban J connectivity index is 1.44. The van der Waals surface area contributed by atoms with Gasteiger partial charge in [0.05, 0.1) is 0 Å². The van der Waals surface area contributed by atoms with Crippen molar-refractivity contribution in [2.75, 3.05) is 26.2 Å². The summed E-state index contributed by atoms with van der Waals surface area (Å²) in [5.41, 5.74) is 2.09. The molecule has 0 unspecified atom stereocenters. The third-order valence-corrected chi connectivity index (χ3v) is 8.48. The second kappa shape index (κ2) is 8.87. The number of nitrogens with zero attached hydrogens (tertiary/aromatic N) is 3. The fourth-order valence-electron chi connectivity index (χ4n) is 6.51. The highest BCUT2D eigenvalue weighted by atomic mass is 19.1. The van der Waals surface area contributed by atoms with E-state index in [2.05, 4.69) is 9.88 Å². The van der Waals surface area contributed by atoms with Crippen molar-refractivity contribution in [3.63, 3.8) is 0 Å². The molecule has 3 aromatic rings. The van der Waals surface area contributed by atoms with E-state index in [1.165, 1.54) is 17.7 Å². The summed E-state index contributed by atoms with van der Waals surface area (Å²) in [6, 6.07) is 9.33. The second-order valence-electron chi connectivity index (χ2n) is 10.9. The third-order valence-electron chi connectivity index (χ3n) is 8.48. The number of imide groups is 1. The van der Waals surface area contributed by atoms with E-state index in [0.29, 0.717) is 40.8 Å². The molecule has 3 aliphatic rings. The van der Waals surface area contributed by atoms with E-state index in [4.69, 9.17) is 0 Å². The molecule has 4 heterocycles. The van der Waals surface area contributed by atoms with Crippen LogP contribution in [0.1, 0.15) is 61.0 Å². The number of aryl methyl sites for hydroxylation is 1. The van der Waals surface area contributed by atoms with Crippen LogP contribution in [0.15, 0.2) is 36.4 Å². The van der Waals surface area contributed by atoms with Gasteiger partial charge in [0.15, 0.2) is 0 Å². The molecular formula is C29H33FN4O3. The average Bonchev–Trinajstić information content (AvgIpc) is 3.15. The molecule has 0 radical (unpaired) electrons. The number of urea groups is 1. The maximum Gasteiger partial charge on any atom is 0.328 e. The lowest BCUT2D eigenvalue weighted by molar-refractivity contribution is -0.133. The minimum absolute atomic E-state index is 0.0699. The Kier molecular flexibility index (Phi) is 5.75. The first-order valence-corrected chi connectivity index (χ1v) is 13.3. The standard InChI is InChI=1S/C29H33FN4O3/c1-18-10-11-22-23(24(18)30)21-17-29(2)27(36)33(15-14-32-12-5-3-4-6-13-32)28(37)34(29)26(25(21)31-22)19-8-7-9-20(35)16-19/h7-11,16,26,31,35H,3-6,12-15,17H2,1-2H3/t26-,29+/m1/s1. The predicted octanol–water partition coefficient (Wildman–Crippen LogP) is 4.87. The SMILES string of the molecule is Cc1ccc2[nH]c3c(c2c1F)C[C@@]1(C)C(=O)N(CCN2CCCCCC2)C(=O)N1[C@@H]3c1cccc(O)c1. The predicted molar refractivity (Wildman–Crippen MR) is 139 cm³/mol. The number of aromatic nitrogens is 1. The number of likely N-dealkylation sites (tertiary alicyclic amines) is 1. The number of aromatic amines is 1. The van der Waals surface area contributed by atoms with Crippen molar-refractivity contribution < 1.29 is 19.1 Å². The van der Waals surface area contributed by atoms with Gasteiger partial charge in [-0.2, -0.15) is 0 Å². The van der Waals surface area contributed by atoms with Gasteiger partial charge in [-0.05, 0) is 74.7 Å². The molecule has 0 saturated carbocycles. The van der Waals surface area contributed by atoms with E-state index in [0.717, 1.165) is 31.5 Å². The Hall–Kier alpha value is -3.39. The molecule has 194 valence electrons. The van der Waals surface area contributed by atoms with Crippen LogP contribution in [0.4, 0.5) is 9.18 Å². The van der Waals surface area contributed by atoms with Crippen molar-refractivity contribution in [1.29, 1.82) is 0 Å². The van der Waals surface area contributed by atoms with Crippen LogP contribution in [0, 0.1) is 12.7 Å². The number of halogens is 1. The number of fused-ring (bicyclic) bond motifs is 4. The van der Waals surface area contributed by atoms with E-state index >= 15 is 4.39 Å². The van der Waals surface area contributed by atoms with Crippen LogP contribution < -0.4 is 0 Å². The van der Waals surface area contributed by atoms with Gasteiger partial charge >= 0.3 is 6.03 Å². The van der Waals surface area contributed by atoms with Crippen LogP contribution >= 0.6 is 0 Å². The number of carbonyl (C=O) groups excluding carboxylic acids is 2. The van der Waals surface area contributed by atoms with Crippen LogP contribution in [0.2, 0.25) is 0 Å². The van der Waals surface area contributed by atoms with Gasteiger partial charge in [0.25, 0.3) is 5.91 Å². The van der Waals surface area contributed by atoms with Gasteiger partial charge < -0.3 is 15.0 Å². The van der Waals surface area contributed by atoms with E-state index in [-0.39, 0.29) is 29.9 Å². The van der Waals surface area contributed by atoms with E-state index < -0.39 is 11.6 Å². The van der Waals surface area contributed by atoms with Crippen molar-refractivity contribution in [2.45, 2.75) is 57.5 Å². The summed E-state index contributed by atoms with van der Waals surface area (Å²) in [5.74, 6) is -0.484. The van der Waals surface area contributed by atoms with E-state index in [9.17, 15) is 14.7 Å². The number of phenolic OH excluding ortho intramolecular Hbond substituents is 1. The maximum atomic E-state index is 15.5. The zero-order valence-corrected chi connectivity index (χ0v) is 21.4. The summed E-state index contributed by atoms with van der Waals surface area (Å²) in [5, 5.41) is 10.8. The summed E-state index contributed by atoms with van der Waals surface area (Å²) >= 11 is 0. The van der Waals surface area contributed by atoms with Crippen LogP contribution in [0.3, 0.4) is 0 Å². The molecule has 2 aromatic carbocycles. The highest BCUT2D eigenvalue weighted by molar-refractivity contribution is 6.08. The number of H-pyrrole nitrogens is 1. The number of aromatic hydroxyl groups is 1. The van der Waals surface area contributed by atoms with Crippen molar-refractivity contribution >= 4 is 22.8 Å². The number of hydrogen-bond donors (Lipinski definition) is 2. The molecule has 8 heteroatoms. The van der Waals surface area contributed by atoms with Crippen molar-refractivity contribution in [2.24, 2.45) is 0 Å². The first kappa shape index (κ1) is 24.0. The Bertz CT molecular complexity index is 1390. The van der Waals surface area contributed by atoms with Gasteiger partial charge in [-0.25, -0.2) is 9.18 Å². The third kappa shape index (κ3) is 3.72. The quantitative estimate of drug-likeness (QED) is 0.497.